The van der Waals surface area contributed by atoms with Crippen molar-refractivity contribution in [2.45, 2.75) is 56.1 Å². The molecule has 7 nitrogen and oxygen atoms in total. The van der Waals surface area contributed by atoms with Crippen LogP contribution < -0.4 is 5.32 Å². The van der Waals surface area contributed by atoms with Crippen LogP contribution in [0.15, 0.2) is 77.7 Å². The van der Waals surface area contributed by atoms with Gasteiger partial charge in [-0.1, -0.05) is 60.7 Å². The van der Waals surface area contributed by atoms with E-state index in [1.54, 1.807) is 42.5 Å². The third-order valence-electron chi connectivity index (χ3n) is 7.40. The molecule has 0 saturated heterocycles. The van der Waals surface area contributed by atoms with E-state index in [-0.39, 0.29) is 29.9 Å². The molecular weight excluding hydrogens is 512 g/mol. The second-order valence-electron chi connectivity index (χ2n) is 11.2. The molecular formula is C31H38N2O5S. The maximum absolute atomic E-state index is 13.2. The molecule has 0 amide bonds. The van der Waals surface area contributed by atoms with Gasteiger partial charge in [0.1, 0.15) is 0 Å². The van der Waals surface area contributed by atoms with Crippen LogP contribution in [0, 0.1) is 5.92 Å². The molecule has 39 heavy (non-hydrogen) atoms. The van der Waals surface area contributed by atoms with E-state index in [1.807, 2.05) is 6.07 Å². The van der Waals surface area contributed by atoms with Crippen molar-refractivity contribution in [3.63, 3.8) is 0 Å². The Bertz CT molecular complexity index is 1380. The van der Waals surface area contributed by atoms with Crippen molar-refractivity contribution in [3.8, 4) is 11.1 Å². The number of carboxylic acid groups (broad SMARTS) is 1. The van der Waals surface area contributed by atoms with Gasteiger partial charge in [-0.2, -0.15) is 4.31 Å². The molecule has 0 fully saturated rings. The number of carbonyl (C=O) groups is 1. The Morgan fingerprint density at radius 1 is 1.00 bits per heavy atom. The molecule has 208 valence electrons. The van der Waals surface area contributed by atoms with Crippen molar-refractivity contribution >= 4 is 16.0 Å². The number of fused-ring (bicyclic) bond motifs is 1. The SMILES string of the molecule is CN(CC(O)CNC(C)(C)CC1Cc2ccccc2C1)S(=O)(=O)c1ccc(-c2cccc(CC(=O)O)c2)cc1. The molecule has 0 radical (unpaired) electrons. The van der Waals surface area contributed by atoms with E-state index in [4.69, 9.17) is 5.11 Å². The van der Waals surface area contributed by atoms with Crippen LogP contribution in [0.25, 0.3) is 11.1 Å². The summed E-state index contributed by atoms with van der Waals surface area (Å²) in [6, 6.07) is 22.3. The first-order chi connectivity index (χ1) is 18.4. The fraction of sp³-hybridized carbons (Fsp3) is 0.387. The van der Waals surface area contributed by atoms with Crippen molar-refractivity contribution < 1.29 is 23.4 Å². The summed E-state index contributed by atoms with van der Waals surface area (Å²) in [6.07, 6.45) is 2.16. The summed E-state index contributed by atoms with van der Waals surface area (Å²) in [6.45, 7) is 4.52. The molecule has 0 bridgehead atoms. The molecule has 1 atom stereocenters. The van der Waals surface area contributed by atoms with Gasteiger partial charge in [-0.05, 0) is 79.0 Å². The summed E-state index contributed by atoms with van der Waals surface area (Å²) in [5, 5.41) is 23.1. The van der Waals surface area contributed by atoms with Crippen LogP contribution in [-0.4, -0.2) is 60.7 Å². The largest absolute Gasteiger partial charge is 0.481 e. The van der Waals surface area contributed by atoms with Gasteiger partial charge in [0.15, 0.2) is 0 Å². The fourth-order valence-electron chi connectivity index (χ4n) is 5.48. The Hall–Kier alpha value is -3.04. The van der Waals surface area contributed by atoms with Crippen LogP contribution in [-0.2, 0) is 34.1 Å². The number of hydrogen-bond donors (Lipinski definition) is 3. The first-order valence-electron chi connectivity index (χ1n) is 13.3. The maximum Gasteiger partial charge on any atom is 0.307 e. The first kappa shape index (κ1) is 29.0. The summed E-state index contributed by atoms with van der Waals surface area (Å²) in [5.74, 6) is -0.356. The second kappa shape index (κ2) is 12.0. The minimum absolute atomic E-state index is 0.0285. The number of likely N-dealkylation sites (N-methyl/N-ethyl adjacent to an activating group) is 1. The van der Waals surface area contributed by atoms with E-state index in [9.17, 15) is 18.3 Å². The highest BCUT2D eigenvalue weighted by molar-refractivity contribution is 7.89. The average molecular weight is 551 g/mol. The topological polar surface area (TPSA) is 107 Å². The highest BCUT2D eigenvalue weighted by Gasteiger charge is 2.29. The Balaban J connectivity index is 1.31. The van der Waals surface area contributed by atoms with Gasteiger partial charge >= 0.3 is 5.97 Å². The van der Waals surface area contributed by atoms with E-state index in [1.165, 1.54) is 22.5 Å². The van der Waals surface area contributed by atoms with Crippen molar-refractivity contribution in [3.05, 3.63) is 89.5 Å². The van der Waals surface area contributed by atoms with Gasteiger partial charge in [-0.25, -0.2) is 8.42 Å². The number of nitrogens with zero attached hydrogens (tertiary/aromatic N) is 1. The monoisotopic (exact) mass is 550 g/mol. The number of sulfonamides is 1. The van der Waals surface area contributed by atoms with E-state index < -0.39 is 22.1 Å². The lowest BCUT2D eigenvalue weighted by atomic mass is 9.88. The van der Waals surface area contributed by atoms with Crippen molar-refractivity contribution in [2.24, 2.45) is 5.92 Å². The second-order valence-corrected chi connectivity index (χ2v) is 13.3. The maximum atomic E-state index is 13.2. The zero-order valence-electron chi connectivity index (χ0n) is 22.8. The van der Waals surface area contributed by atoms with Crippen LogP contribution in [0.3, 0.4) is 0 Å². The van der Waals surface area contributed by atoms with Gasteiger partial charge in [-0.3, -0.25) is 4.79 Å². The number of aliphatic carboxylic acids is 1. The summed E-state index contributed by atoms with van der Waals surface area (Å²) < 4.78 is 27.5. The number of aliphatic hydroxyl groups is 1. The molecule has 0 spiro atoms. The number of benzene rings is 3. The smallest absolute Gasteiger partial charge is 0.307 e. The minimum Gasteiger partial charge on any atom is -0.481 e. The fourth-order valence-corrected chi connectivity index (χ4v) is 6.68. The van der Waals surface area contributed by atoms with Crippen LogP contribution in [0.4, 0.5) is 0 Å². The molecule has 3 aromatic rings. The lowest BCUT2D eigenvalue weighted by Gasteiger charge is -2.31. The van der Waals surface area contributed by atoms with Crippen molar-refractivity contribution in [2.75, 3.05) is 20.1 Å². The van der Waals surface area contributed by atoms with Crippen LogP contribution in [0.2, 0.25) is 0 Å². The summed E-state index contributed by atoms with van der Waals surface area (Å²) in [4.78, 5) is 11.2. The lowest BCUT2D eigenvalue weighted by molar-refractivity contribution is -0.136. The Kier molecular flexibility index (Phi) is 8.91. The zero-order chi connectivity index (χ0) is 28.2. The quantitative estimate of drug-likeness (QED) is 0.313. The number of carboxylic acids is 1. The van der Waals surface area contributed by atoms with Gasteiger partial charge in [0, 0.05) is 25.7 Å². The van der Waals surface area contributed by atoms with Gasteiger partial charge in [-0.15, -0.1) is 0 Å². The number of β-amino-alcohol motifs (C(OH)–C–C–N with tert-alkyl or cyclic N) is 1. The first-order valence-corrected chi connectivity index (χ1v) is 14.7. The molecule has 0 aliphatic heterocycles. The molecule has 0 saturated carbocycles. The van der Waals surface area contributed by atoms with E-state index in [2.05, 4.69) is 43.4 Å². The van der Waals surface area contributed by atoms with Crippen LogP contribution in [0.1, 0.15) is 37.0 Å². The van der Waals surface area contributed by atoms with Gasteiger partial charge in [0.05, 0.1) is 17.4 Å². The third kappa shape index (κ3) is 7.54. The third-order valence-corrected chi connectivity index (χ3v) is 9.23. The molecule has 3 N–H and O–H groups in total. The molecule has 1 unspecified atom stereocenters. The predicted octanol–water partition coefficient (Wildman–Crippen LogP) is 4.14. The molecule has 0 heterocycles. The zero-order valence-corrected chi connectivity index (χ0v) is 23.6. The summed E-state index contributed by atoms with van der Waals surface area (Å²) >= 11 is 0. The van der Waals surface area contributed by atoms with Gasteiger partial charge < -0.3 is 15.5 Å². The number of aliphatic hydroxyl groups excluding tert-OH is 1. The van der Waals surface area contributed by atoms with Gasteiger partial charge in [0.25, 0.3) is 0 Å². The molecule has 8 heteroatoms. The Labute approximate surface area is 231 Å². The summed E-state index contributed by atoms with van der Waals surface area (Å²) in [5.41, 5.74) is 4.94. The Morgan fingerprint density at radius 3 is 2.26 bits per heavy atom. The summed E-state index contributed by atoms with van der Waals surface area (Å²) in [7, 11) is -2.32. The molecule has 1 aliphatic carbocycles. The molecule has 1 aliphatic rings. The minimum atomic E-state index is -3.79. The van der Waals surface area contributed by atoms with E-state index >= 15 is 0 Å². The van der Waals surface area contributed by atoms with Crippen LogP contribution >= 0.6 is 0 Å². The predicted molar refractivity (Wildman–Crippen MR) is 153 cm³/mol. The molecule has 0 aromatic heterocycles. The lowest BCUT2D eigenvalue weighted by Crippen LogP contribution is -2.47. The number of nitrogens with one attached hydrogen (secondary N) is 1. The average Bonchev–Trinajstić information content (AvgIpc) is 3.29. The van der Waals surface area contributed by atoms with E-state index in [0.717, 1.165) is 30.4 Å². The Morgan fingerprint density at radius 2 is 1.64 bits per heavy atom. The molecule has 3 aromatic carbocycles. The normalized spacial score (nSPS) is 14.9. The van der Waals surface area contributed by atoms with Gasteiger partial charge in [0.2, 0.25) is 10.0 Å². The molecule has 4 rings (SSSR count). The van der Waals surface area contributed by atoms with Crippen molar-refractivity contribution in [1.29, 1.82) is 0 Å². The highest BCUT2D eigenvalue weighted by atomic mass is 32.2. The standard InChI is InChI=1S/C31H38N2O5S/c1-31(2,19-23-16-26-8-4-5-9-27(26)17-23)32-20-28(34)21-33(3)39(37,38)29-13-11-24(12-14-29)25-10-6-7-22(15-25)18-30(35)36/h4-15,23,28,32,34H,16-21H2,1-3H3,(H,35,36). The highest BCUT2D eigenvalue weighted by Crippen LogP contribution is 2.32. The number of hydrogen-bond acceptors (Lipinski definition) is 5. The van der Waals surface area contributed by atoms with E-state index in [0.29, 0.717) is 11.5 Å². The number of rotatable bonds is 12. The van der Waals surface area contributed by atoms with Crippen molar-refractivity contribution in [1.82, 2.24) is 9.62 Å². The van der Waals surface area contributed by atoms with Crippen LogP contribution in [0.5, 0.6) is 0 Å².